The van der Waals surface area contributed by atoms with Gasteiger partial charge in [0.1, 0.15) is 16.7 Å². The molecule has 5 rings (SSSR count). The van der Waals surface area contributed by atoms with Crippen LogP contribution in [0.1, 0.15) is 33.1 Å². The molecule has 0 bridgehead atoms. The maximum Gasteiger partial charge on any atom is 0.277 e. The summed E-state index contributed by atoms with van der Waals surface area (Å²) < 4.78 is 5.85. The molecular formula is C25H30N8O2. The molecule has 1 aromatic carbocycles. The van der Waals surface area contributed by atoms with Gasteiger partial charge in [0.25, 0.3) is 5.56 Å². The van der Waals surface area contributed by atoms with Crippen LogP contribution in [0.4, 0.5) is 23.1 Å². The molecule has 10 heteroatoms. The van der Waals surface area contributed by atoms with Crippen LogP contribution in [0, 0.1) is 17.2 Å². The Morgan fingerprint density at radius 2 is 1.83 bits per heavy atom. The molecule has 0 aliphatic carbocycles. The lowest BCUT2D eigenvalue weighted by Gasteiger charge is -2.35. The first-order valence-electron chi connectivity index (χ1n) is 12.1. The van der Waals surface area contributed by atoms with E-state index < -0.39 is 0 Å². The van der Waals surface area contributed by atoms with E-state index in [0.29, 0.717) is 48.1 Å². The third kappa shape index (κ3) is 5.05. The second kappa shape index (κ2) is 9.88. The van der Waals surface area contributed by atoms with Crippen LogP contribution in [0.15, 0.2) is 35.3 Å². The number of hydrogen-bond acceptors (Lipinski definition) is 9. The summed E-state index contributed by atoms with van der Waals surface area (Å²) in [6.45, 7) is 7.32. The molecule has 0 radical (unpaired) electrons. The molecule has 4 heterocycles. The van der Waals surface area contributed by atoms with E-state index in [4.69, 9.17) is 15.0 Å². The quantitative estimate of drug-likeness (QED) is 0.574. The van der Waals surface area contributed by atoms with Crippen molar-refractivity contribution in [1.82, 2.24) is 20.2 Å². The van der Waals surface area contributed by atoms with Gasteiger partial charge in [0, 0.05) is 44.0 Å². The molecule has 2 N–H and O–H groups in total. The maximum atomic E-state index is 12.6. The summed E-state index contributed by atoms with van der Waals surface area (Å²) in [5.74, 6) is 1.50. The Bertz CT molecular complexity index is 1270. The number of H-pyrrole nitrogens is 1. The number of aromatic amines is 1. The van der Waals surface area contributed by atoms with Crippen molar-refractivity contribution in [3.8, 4) is 6.07 Å². The lowest BCUT2D eigenvalue weighted by atomic mass is 9.94. The van der Waals surface area contributed by atoms with Gasteiger partial charge in [0.15, 0.2) is 0 Å². The van der Waals surface area contributed by atoms with E-state index in [9.17, 15) is 4.79 Å². The highest BCUT2D eigenvalue weighted by atomic mass is 16.5. The molecule has 35 heavy (non-hydrogen) atoms. The average Bonchev–Trinajstić information content (AvgIpc) is 2.84. The summed E-state index contributed by atoms with van der Waals surface area (Å²) in [7, 11) is 0. The molecule has 2 saturated heterocycles. The van der Waals surface area contributed by atoms with Crippen LogP contribution in [0.3, 0.4) is 0 Å². The minimum absolute atomic E-state index is 0.0595. The highest BCUT2D eigenvalue weighted by molar-refractivity contribution is 5.90. The topological polar surface area (TPSA) is 123 Å². The van der Waals surface area contributed by atoms with E-state index in [1.807, 2.05) is 26.0 Å². The number of anilines is 4. The van der Waals surface area contributed by atoms with Crippen molar-refractivity contribution in [2.45, 2.75) is 45.3 Å². The van der Waals surface area contributed by atoms with Crippen LogP contribution >= 0.6 is 0 Å². The molecule has 2 aliphatic rings. The first-order chi connectivity index (χ1) is 17.0. The molecule has 2 fully saturated rings. The lowest BCUT2D eigenvalue weighted by Crippen LogP contribution is -2.46. The number of ether oxygens (including phenoxy) is 1. The van der Waals surface area contributed by atoms with Crippen LogP contribution in [0.2, 0.25) is 0 Å². The highest BCUT2D eigenvalue weighted by Crippen LogP contribution is 2.29. The van der Waals surface area contributed by atoms with Gasteiger partial charge in [-0.3, -0.25) is 4.79 Å². The van der Waals surface area contributed by atoms with Gasteiger partial charge in [-0.25, -0.2) is 10.1 Å². The van der Waals surface area contributed by atoms with E-state index >= 15 is 0 Å². The van der Waals surface area contributed by atoms with E-state index in [-0.39, 0.29) is 17.8 Å². The van der Waals surface area contributed by atoms with Crippen LogP contribution in [0.5, 0.6) is 0 Å². The zero-order valence-corrected chi connectivity index (χ0v) is 20.1. The van der Waals surface area contributed by atoms with Gasteiger partial charge in [0.05, 0.1) is 24.5 Å². The predicted molar refractivity (Wildman–Crippen MR) is 135 cm³/mol. The monoisotopic (exact) mass is 474 g/mol. The summed E-state index contributed by atoms with van der Waals surface area (Å²) >= 11 is 0. The van der Waals surface area contributed by atoms with Crippen LogP contribution < -0.4 is 20.7 Å². The van der Waals surface area contributed by atoms with Gasteiger partial charge < -0.3 is 19.9 Å². The van der Waals surface area contributed by atoms with E-state index in [1.165, 1.54) is 0 Å². The number of fused-ring (bicyclic) bond motifs is 1. The van der Waals surface area contributed by atoms with Gasteiger partial charge in [0.2, 0.25) is 5.95 Å². The molecule has 10 nitrogen and oxygen atoms in total. The molecule has 2 aromatic heterocycles. The first-order valence-corrected chi connectivity index (χ1v) is 12.1. The smallest absolute Gasteiger partial charge is 0.277 e. The number of benzene rings is 1. The average molecular weight is 475 g/mol. The van der Waals surface area contributed by atoms with Gasteiger partial charge in [-0.1, -0.05) is 0 Å². The fraction of sp³-hybridized carbons (Fsp3) is 0.480. The van der Waals surface area contributed by atoms with Gasteiger partial charge in [-0.05, 0) is 56.9 Å². The fourth-order valence-electron chi connectivity index (χ4n) is 4.98. The molecule has 182 valence electrons. The second-order valence-electron chi connectivity index (χ2n) is 9.46. The summed E-state index contributed by atoms with van der Waals surface area (Å²) in [4.78, 5) is 26.4. The van der Waals surface area contributed by atoms with Crippen molar-refractivity contribution >= 4 is 34.0 Å². The third-order valence-electron chi connectivity index (χ3n) is 6.70. The van der Waals surface area contributed by atoms with Crippen molar-refractivity contribution in [3.63, 3.8) is 0 Å². The summed E-state index contributed by atoms with van der Waals surface area (Å²) in [6.07, 6.45) is 4.40. The normalized spacial score (nSPS) is 21.2. The maximum absolute atomic E-state index is 12.6. The molecule has 3 aromatic rings. The number of piperidine rings is 1. The molecule has 2 atom stereocenters. The predicted octanol–water partition coefficient (Wildman–Crippen LogP) is 3.20. The Labute approximate surface area is 203 Å². The minimum atomic E-state index is -0.336. The molecule has 2 unspecified atom stereocenters. The Hall–Kier alpha value is -3.71. The standard InChI is InChI=1S/C25H30N8O2/c1-16-14-33(15-17(2)35-16)25-29-21-13-27-31-24(34)22(21)23(30-25)28-19-3-5-20(6-4-19)32-11-8-18(7-10-26)9-12-32/h3-6,13,16-18H,7-9,11-12,14-15H2,1-2H3,(H,31,34)(H,28,29,30). The van der Waals surface area contributed by atoms with Crippen molar-refractivity contribution in [3.05, 3.63) is 40.8 Å². The van der Waals surface area contributed by atoms with Gasteiger partial charge in [-0.15, -0.1) is 0 Å². The highest BCUT2D eigenvalue weighted by Gasteiger charge is 2.25. The largest absolute Gasteiger partial charge is 0.372 e. The van der Waals surface area contributed by atoms with Crippen LogP contribution in [0.25, 0.3) is 10.9 Å². The summed E-state index contributed by atoms with van der Waals surface area (Å²) in [5, 5.41) is 19.1. The minimum Gasteiger partial charge on any atom is -0.372 e. The number of rotatable bonds is 5. The summed E-state index contributed by atoms with van der Waals surface area (Å²) in [5.41, 5.74) is 2.14. The Morgan fingerprint density at radius 3 is 2.51 bits per heavy atom. The third-order valence-corrected chi connectivity index (χ3v) is 6.70. The van der Waals surface area contributed by atoms with E-state index in [1.54, 1.807) is 6.20 Å². The van der Waals surface area contributed by atoms with Crippen LogP contribution in [-0.4, -0.2) is 58.6 Å². The number of morpholine rings is 1. The number of nitrogens with zero attached hydrogens (tertiary/aromatic N) is 6. The molecule has 0 saturated carbocycles. The van der Waals surface area contributed by atoms with Gasteiger partial charge in [-0.2, -0.15) is 15.3 Å². The molecule has 0 amide bonds. The Morgan fingerprint density at radius 1 is 1.11 bits per heavy atom. The van der Waals surface area contributed by atoms with Gasteiger partial charge >= 0.3 is 0 Å². The molecule has 0 spiro atoms. The van der Waals surface area contributed by atoms with E-state index in [0.717, 1.165) is 37.3 Å². The second-order valence-corrected chi connectivity index (χ2v) is 9.46. The van der Waals surface area contributed by atoms with Crippen LogP contribution in [-0.2, 0) is 4.74 Å². The zero-order chi connectivity index (χ0) is 24.4. The SMILES string of the molecule is CC1CN(c2nc(Nc3ccc(N4CCC(CC#N)CC4)cc3)c3c(=O)[nH]ncc3n2)CC(C)O1. The Kier molecular flexibility index (Phi) is 6.51. The van der Waals surface area contributed by atoms with Crippen molar-refractivity contribution in [2.24, 2.45) is 5.92 Å². The number of nitriles is 1. The van der Waals surface area contributed by atoms with E-state index in [2.05, 4.69) is 48.5 Å². The number of nitrogens with one attached hydrogen (secondary N) is 2. The molecule has 2 aliphatic heterocycles. The van der Waals surface area contributed by atoms with Crippen molar-refractivity contribution in [1.29, 1.82) is 5.26 Å². The fourth-order valence-corrected chi connectivity index (χ4v) is 4.98. The van der Waals surface area contributed by atoms with Crippen molar-refractivity contribution < 1.29 is 4.74 Å². The number of aromatic nitrogens is 4. The first kappa shape index (κ1) is 23.1. The summed E-state index contributed by atoms with van der Waals surface area (Å²) in [6, 6.07) is 10.4. The Balaban J connectivity index is 1.39. The number of hydrogen-bond donors (Lipinski definition) is 2. The molecular weight excluding hydrogens is 444 g/mol. The lowest BCUT2D eigenvalue weighted by molar-refractivity contribution is -0.00569. The zero-order valence-electron chi connectivity index (χ0n) is 20.1. The van der Waals surface area contributed by atoms with Crippen molar-refractivity contribution in [2.75, 3.05) is 41.3 Å².